The molecule has 65 heavy (non-hydrogen) atoms. The largest absolute Gasteiger partial charge is 0.438 e. The molecule has 1 saturated heterocycles. The SMILES string of the molecule is Cc1cc(-n2nc3c(c2-n2ccn(-c4ccc5c(cnn5C)c4F)c2=O)[C@H](C)N(C(=O)C2=CN4C=C([C@@H]5CCOC(C)(C)C5)C=CC4C2[C@]2(c4noc(=O)[nH]4)C[C@@H]2C)CC3)cc(C)c1F. The van der Waals surface area contributed by atoms with Crippen LogP contribution < -0.4 is 11.4 Å². The van der Waals surface area contributed by atoms with Gasteiger partial charge in [-0.2, -0.15) is 10.2 Å². The fraction of sp³-hybridized carbons (Fsp3) is 0.417. The molecule has 5 aliphatic rings. The van der Waals surface area contributed by atoms with Crippen LogP contribution in [0.2, 0.25) is 0 Å². The zero-order valence-corrected chi connectivity index (χ0v) is 37.3. The molecule has 0 spiro atoms. The summed E-state index contributed by atoms with van der Waals surface area (Å²) in [5.41, 5.74) is 3.53. The van der Waals surface area contributed by atoms with E-state index in [1.165, 1.54) is 27.1 Å². The van der Waals surface area contributed by atoms with Gasteiger partial charge in [-0.05, 0) is 107 Å². The standard InChI is InChI=1S/C48H50F2N10O5/c1-25-18-31(19-26(2)40(25)49)60-42(59-16-15-58(46(59)63)37-11-10-35-32(41(37)50)22-51-55(35)7)38-28(4)57(14-12-34(38)53-60)43(61)33-24-56-23-30(29-13-17-64-47(5,6)21-29)8-9-36(56)39(33)48(20-27(48)3)44-52-45(62)65-54-44/h8-11,15-16,18-19,22-24,27-29,36,39H,12-14,17,20-21H2,1-7H3,(H,52,54,62)/t27-,28-,29+,36?,39?,48-/m0/s1. The van der Waals surface area contributed by atoms with E-state index in [-0.39, 0.29) is 46.3 Å². The fourth-order valence-electron chi connectivity index (χ4n) is 11.4. The molecule has 8 heterocycles. The summed E-state index contributed by atoms with van der Waals surface area (Å²) in [6.45, 7) is 12.6. The van der Waals surface area contributed by atoms with Crippen molar-refractivity contribution in [1.29, 1.82) is 0 Å². The third kappa shape index (κ3) is 6.21. The molecule has 0 radical (unpaired) electrons. The van der Waals surface area contributed by atoms with Crippen LogP contribution in [0.3, 0.4) is 0 Å². The Morgan fingerprint density at radius 2 is 1.75 bits per heavy atom. The van der Waals surface area contributed by atoms with Crippen molar-refractivity contribution in [3.05, 3.63) is 139 Å². The number of nitrogens with zero attached hydrogens (tertiary/aromatic N) is 9. The molecule has 6 aromatic rings. The highest BCUT2D eigenvalue weighted by Gasteiger charge is 2.66. The molecule has 4 aliphatic heterocycles. The average molecular weight is 885 g/mol. The Labute approximate surface area is 372 Å². The van der Waals surface area contributed by atoms with Gasteiger partial charge >= 0.3 is 11.4 Å². The fourth-order valence-corrected chi connectivity index (χ4v) is 11.4. The molecule has 0 bridgehead atoms. The number of fused-ring (bicyclic) bond motifs is 3. The summed E-state index contributed by atoms with van der Waals surface area (Å²) >= 11 is 0. The van der Waals surface area contributed by atoms with E-state index in [0.29, 0.717) is 76.8 Å². The molecule has 17 heteroatoms. The first-order valence-electron chi connectivity index (χ1n) is 22.3. The molecule has 1 saturated carbocycles. The van der Waals surface area contributed by atoms with Crippen molar-refractivity contribution in [3.8, 4) is 17.2 Å². The van der Waals surface area contributed by atoms with E-state index in [9.17, 15) is 9.59 Å². The second kappa shape index (κ2) is 14.4. The van der Waals surface area contributed by atoms with Gasteiger partial charge < -0.3 is 14.5 Å². The Morgan fingerprint density at radius 3 is 2.46 bits per heavy atom. The van der Waals surface area contributed by atoms with Gasteiger partial charge in [0.15, 0.2) is 11.6 Å². The number of carbonyl (C=O) groups is 1. The summed E-state index contributed by atoms with van der Waals surface area (Å²) in [6, 6.07) is 5.78. The maximum absolute atomic E-state index is 16.1. The zero-order chi connectivity index (χ0) is 45.4. The smallest absolute Gasteiger partial charge is 0.376 e. The summed E-state index contributed by atoms with van der Waals surface area (Å²) in [5, 5.41) is 13.8. The number of halogens is 2. The first-order valence-corrected chi connectivity index (χ1v) is 22.3. The minimum Gasteiger partial charge on any atom is -0.376 e. The van der Waals surface area contributed by atoms with Gasteiger partial charge in [0.1, 0.15) is 11.6 Å². The van der Waals surface area contributed by atoms with Crippen LogP contribution in [0.4, 0.5) is 8.78 Å². The molecule has 4 aromatic heterocycles. The molecule has 336 valence electrons. The summed E-state index contributed by atoms with van der Waals surface area (Å²) in [7, 11) is 1.72. The van der Waals surface area contributed by atoms with Gasteiger partial charge in [0.2, 0.25) is 0 Å². The molecule has 6 atom stereocenters. The van der Waals surface area contributed by atoms with Crippen molar-refractivity contribution in [3.63, 3.8) is 0 Å². The summed E-state index contributed by atoms with van der Waals surface area (Å²) < 4.78 is 48.3. The first kappa shape index (κ1) is 41.1. The number of hydrogen-bond acceptors (Lipinski definition) is 9. The van der Waals surface area contributed by atoms with E-state index in [1.807, 2.05) is 18.0 Å². The van der Waals surface area contributed by atoms with E-state index in [4.69, 9.17) is 14.4 Å². The monoisotopic (exact) mass is 884 g/mol. The van der Waals surface area contributed by atoms with E-state index in [1.54, 1.807) is 60.7 Å². The predicted molar refractivity (Wildman–Crippen MR) is 236 cm³/mol. The number of benzene rings is 2. The van der Waals surface area contributed by atoms with Crippen LogP contribution in [0.15, 0.2) is 92.7 Å². The lowest BCUT2D eigenvalue weighted by atomic mass is 9.75. The molecule has 11 rings (SSSR count). The topological polar surface area (TPSA) is 154 Å². The Balaban J connectivity index is 1.02. The zero-order valence-electron chi connectivity index (χ0n) is 37.3. The van der Waals surface area contributed by atoms with Crippen LogP contribution in [0.1, 0.15) is 81.2 Å². The van der Waals surface area contributed by atoms with Crippen LogP contribution in [-0.2, 0) is 28.4 Å². The van der Waals surface area contributed by atoms with E-state index in [0.717, 1.165) is 12.8 Å². The number of allylic oxidation sites excluding steroid dienone is 2. The van der Waals surface area contributed by atoms with Gasteiger partial charge in [-0.25, -0.2) is 23.1 Å². The Bertz CT molecular complexity index is 3170. The Morgan fingerprint density at radius 1 is 1.00 bits per heavy atom. The number of aromatic nitrogens is 8. The van der Waals surface area contributed by atoms with E-state index < -0.39 is 34.6 Å². The second-order valence-electron chi connectivity index (χ2n) is 19.2. The van der Waals surface area contributed by atoms with Crippen molar-refractivity contribution in [2.75, 3.05) is 13.2 Å². The lowest BCUT2D eigenvalue weighted by Gasteiger charge is -2.39. The van der Waals surface area contributed by atoms with Crippen molar-refractivity contribution >= 4 is 16.8 Å². The van der Waals surface area contributed by atoms with Gasteiger partial charge in [0, 0.05) is 73.9 Å². The molecule has 15 nitrogen and oxygen atoms in total. The first-order chi connectivity index (χ1) is 31.1. The number of carbonyl (C=O) groups excluding carboxylic acids is 1. The quantitative estimate of drug-likeness (QED) is 0.188. The summed E-state index contributed by atoms with van der Waals surface area (Å²) in [6.07, 6.45) is 15.8. The highest BCUT2D eigenvalue weighted by molar-refractivity contribution is 5.96. The maximum Gasteiger partial charge on any atom is 0.438 e. The average Bonchev–Trinajstić information content (AvgIpc) is 3.90. The molecule has 2 fully saturated rings. The predicted octanol–water partition coefficient (Wildman–Crippen LogP) is 6.54. The molecular weight excluding hydrogens is 835 g/mol. The normalized spacial score (nSPS) is 25.8. The molecular formula is C48H50F2N10O5. The highest BCUT2D eigenvalue weighted by Crippen LogP contribution is 2.63. The number of aryl methyl sites for hydroxylation is 3. The third-order valence-electron chi connectivity index (χ3n) is 14.8. The van der Waals surface area contributed by atoms with Gasteiger partial charge in [-0.1, -0.05) is 24.2 Å². The number of ether oxygens (including phenoxy) is 1. The number of nitrogens with one attached hydrogen (secondary N) is 1. The Hall–Kier alpha value is -6.62. The molecule has 1 amide bonds. The number of aromatic amines is 1. The van der Waals surface area contributed by atoms with Crippen molar-refractivity contribution in [2.24, 2.45) is 24.8 Å². The Kier molecular flexibility index (Phi) is 9.13. The third-order valence-corrected chi connectivity index (χ3v) is 14.8. The lowest BCUT2D eigenvalue weighted by Crippen LogP contribution is -2.44. The number of rotatable bonds is 7. The number of H-pyrrole nitrogens is 1. The van der Waals surface area contributed by atoms with E-state index >= 15 is 13.6 Å². The van der Waals surface area contributed by atoms with Gasteiger partial charge in [-0.15, -0.1) is 0 Å². The van der Waals surface area contributed by atoms with Gasteiger partial charge in [-0.3, -0.25) is 28.1 Å². The van der Waals surface area contributed by atoms with Gasteiger partial charge in [0.05, 0.1) is 51.9 Å². The second-order valence-corrected chi connectivity index (χ2v) is 19.2. The molecule has 1 aliphatic carbocycles. The molecule has 1 N–H and O–H groups in total. The number of hydrogen-bond donors (Lipinski definition) is 1. The number of imidazole rings is 1. The van der Waals surface area contributed by atoms with Crippen LogP contribution in [-0.4, -0.2) is 79.3 Å². The van der Waals surface area contributed by atoms with Crippen LogP contribution >= 0.6 is 0 Å². The van der Waals surface area contributed by atoms with Crippen molar-refractivity contribution in [1.82, 2.24) is 48.6 Å². The lowest BCUT2D eigenvalue weighted by molar-refractivity contribution is -0.130. The van der Waals surface area contributed by atoms with Crippen molar-refractivity contribution in [2.45, 2.75) is 90.3 Å². The minimum absolute atomic E-state index is 0.0478. The van der Waals surface area contributed by atoms with Crippen LogP contribution in [0.5, 0.6) is 0 Å². The number of amides is 1. The van der Waals surface area contributed by atoms with Gasteiger partial charge in [0.25, 0.3) is 5.91 Å². The summed E-state index contributed by atoms with van der Waals surface area (Å²) in [4.78, 5) is 49.5. The van der Waals surface area contributed by atoms with Crippen LogP contribution in [0, 0.1) is 43.2 Å². The van der Waals surface area contributed by atoms with E-state index in [2.05, 4.69) is 59.3 Å². The summed E-state index contributed by atoms with van der Waals surface area (Å²) in [5.74, 6) is -1.02. The highest BCUT2D eigenvalue weighted by atomic mass is 19.1. The minimum atomic E-state index is -0.674. The molecule has 2 aromatic carbocycles. The van der Waals surface area contributed by atoms with Crippen molar-refractivity contribution < 1.29 is 22.8 Å². The maximum atomic E-state index is 16.1. The van der Waals surface area contributed by atoms with Crippen LogP contribution in [0.25, 0.3) is 28.1 Å². The molecule has 2 unspecified atom stereocenters.